The summed E-state index contributed by atoms with van der Waals surface area (Å²) in [4.78, 5) is 23.0. The van der Waals surface area contributed by atoms with Gasteiger partial charge in [0.1, 0.15) is 13.2 Å². The summed E-state index contributed by atoms with van der Waals surface area (Å²) in [5.74, 6) is 3.92. The Kier molecular flexibility index (Phi) is 13.8. The average molecular weight is 541 g/mol. The molecule has 0 spiro atoms. The maximum Gasteiger partial charge on any atom is 0.333 e. The van der Waals surface area contributed by atoms with Crippen molar-refractivity contribution in [2.75, 3.05) is 41.3 Å². The molecule has 0 bridgehead atoms. The van der Waals surface area contributed by atoms with E-state index in [2.05, 4.69) is 13.2 Å². The molecule has 2 saturated heterocycles. The van der Waals surface area contributed by atoms with Crippen LogP contribution in [0.2, 0.25) is 0 Å². The summed E-state index contributed by atoms with van der Waals surface area (Å²) in [6.07, 6.45) is 2.40. The van der Waals surface area contributed by atoms with E-state index in [1.54, 1.807) is 13.8 Å². The van der Waals surface area contributed by atoms with Gasteiger partial charge >= 0.3 is 11.9 Å². The molecule has 2 rings (SSSR count). The van der Waals surface area contributed by atoms with Crippen LogP contribution in [0.4, 0.5) is 0 Å². The highest BCUT2D eigenvalue weighted by atomic mass is 32.2. The van der Waals surface area contributed by atoms with E-state index in [-0.39, 0.29) is 11.9 Å². The summed E-state index contributed by atoms with van der Waals surface area (Å²) in [5.41, 5.74) is 0.935. The second-order valence-corrected chi connectivity index (χ2v) is 16.0. The number of hydrogen-bond donors (Lipinski definition) is 0. The van der Waals surface area contributed by atoms with Gasteiger partial charge in [-0.2, -0.15) is 23.5 Å². The van der Waals surface area contributed by atoms with Gasteiger partial charge in [-0.3, -0.25) is 0 Å². The number of carbonyl (C=O) groups excluding carboxylic acids is 2. The van der Waals surface area contributed by atoms with Crippen molar-refractivity contribution in [1.82, 2.24) is 0 Å². The SMILES string of the molecule is C=C(C)C(=O)OCC1CSC(CCSCSCCC2SCC(COC(=O)C(=C)C)S2)S1. The van der Waals surface area contributed by atoms with Gasteiger partial charge in [0.15, 0.2) is 0 Å². The van der Waals surface area contributed by atoms with Crippen LogP contribution in [0.5, 0.6) is 0 Å². The van der Waals surface area contributed by atoms with Crippen molar-refractivity contribution in [2.24, 2.45) is 0 Å². The van der Waals surface area contributed by atoms with Gasteiger partial charge in [-0.25, -0.2) is 9.59 Å². The summed E-state index contributed by atoms with van der Waals surface area (Å²) >= 11 is 11.9. The topological polar surface area (TPSA) is 52.6 Å². The van der Waals surface area contributed by atoms with Crippen molar-refractivity contribution >= 4 is 82.5 Å². The molecular weight excluding hydrogens is 509 g/mol. The zero-order valence-corrected chi connectivity index (χ0v) is 23.1. The van der Waals surface area contributed by atoms with Crippen LogP contribution in [0.1, 0.15) is 26.7 Å². The Morgan fingerprint density at radius 1 is 0.839 bits per heavy atom. The molecule has 4 unspecified atom stereocenters. The largest absolute Gasteiger partial charge is 0.461 e. The molecule has 0 N–H and O–H groups in total. The van der Waals surface area contributed by atoms with Crippen LogP contribution in [0.15, 0.2) is 24.3 Å². The summed E-state index contributed by atoms with van der Waals surface area (Å²) < 4.78 is 11.8. The van der Waals surface area contributed by atoms with Gasteiger partial charge < -0.3 is 9.47 Å². The van der Waals surface area contributed by atoms with Crippen molar-refractivity contribution in [3.8, 4) is 0 Å². The molecule has 2 aliphatic rings. The van der Waals surface area contributed by atoms with E-state index in [1.165, 1.54) is 24.3 Å². The summed E-state index contributed by atoms with van der Waals surface area (Å²) in [7, 11) is 0. The van der Waals surface area contributed by atoms with Crippen LogP contribution in [0, 0.1) is 0 Å². The Hall–Kier alpha value is 0.520. The predicted molar refractivity (Wildman–Crippen MR) is 146 cm³/mol. The van der Waals surface area contributed by atoms with Crippen LogP contribution in [-0.2, 0) is 19.1 Å². The minimum atomic E-state index is -0.280. The lowest BCUT2D eigenvalue weighted by atomic mass is 10.4. The number of esters is 2. The first-order valence-electron chi connectivity index (χ1n) is 10.2. The van der Waals surface area contributed by atoms with Crippen LogP contribution in [-0.4, -0.2) is 72.9 Å². The Bertz CT molecular complexity index is 577. The number of thioether (sulfide) groups is 6. The van der Waals surface area contributed by atoms with Crippen molar-refractivity contribution < 1.29 is 19.1 Å². The molecule has 4 nitrogen and oxygen atoms in total. The minimum absolute atomic E-state index is 0.280. The van der Waals surface area contributed by atoms with Gasteiger partial charge in [0.05, 0.1) is 9.16 Å². The molecule has 0 saturated carbocycles. The van der Waals surface area contributed by atoms with E-state index in [0.29, 0.717) is 44.0 Å². The standard InChI is InChI=1S/C21H32O4S6/c1-14(2)20(22)24-9-16-11-28-18(30-16)5-7-26-13-27-8-6-19-29-12-17(31-19)10-25-21(23)15(3)4/h16-19H,1,3,5-13H2,2,4H3. The van der Waals surface area contributed by atoms with E-state index >= 15 is 0 Å². The first-order valence-corrected chi connectivity index (χ1v) is 16.5. The fraction of sp³-hybridized carbons (Fsp3) is 0.714. The van der Waals surface area contributed by atoms with Crippen LogP contribution in [0.3, 0.4) is 0 Å². The molecule has 0 amide bonds. The fourth-order valence-electron chi connectivity index (χ4n) is 2.61. The second kappa shape index (κ2) is 15.4. The lowest BCUT2D eigenvalue weighted by Crippen LogP contribution is -2.16. The van der Waals surface area contributed by atoms with E-state index in [9.17, 15) is 9.59 Å². The smallest absolute Gasteiger partial charge is 0.333 e. The molecule has 176 valence electrons. The number of hydrogen-bond acceptors (Lipinski definition) is 10. The molecule has 2 heterocycles. The highest BCUT2D eigenvalue weighted by Gasteiger charge is 2.28. The Morgan fingerprint density at radius 3 is 1.65 bits per heavy atom. The maximum atomic E-state index is 11.5. The molecule has 0 aromatic rings. The first kappa shape index (κ1) is 27.8. The zero-order chi connectivity index (χ0) is 22.6. The third kappa shape index (κ3) is 11.5. The van der Waals surface area contributed by atoms with Gasteiger partial charge in [0.2, 0.25) is 0 Å². The molecular formula is C21H32O4S6. The average Bonchev–Trinajstić information content (AvgIpc) is 3.38. The van der Waals surface area contributed by atoms with Crippen LogP contribution >= 0.6 is 70.6 Å². The minimum Gasteiger partial charge on any atom is -0.461 e. The molecule has 2 fully saturated rings. The van der Waals surface area contributed by atoms with E-state index < -0.39 is 0 Å². The summed E-state index contributed by atoms with van der Waals surface area (Å²) in [5, 5.41) is 1.96. The lowest BCUT2D eigenvalue weighted by Gasteiger charge is -2.12. The lowest BCUT2D eigenvalue weighted by molar-refractivity contribution is -0.139. The quantitative estimate of drug-likeness (QED) is 0.117. The normalized spacial score (nSPS) is 25.4. The molecule has 0 aliphatic carbocycles. The molecule has 2 aliphatic heterocycles. The third-order valence-electron chi connectivity index (χ3n) is 4.28. The molecule has 0 aromatic heterocycles. The van der Waals surface area contributed by atoms with Crippen LogP contribution < -0.4 is 0 Å². The first-order chi connectivity index (χ1) is 14.8. The number of carbonyl (C=O) groups is 2. The summed E-state index contributed by atoms with van der Waals surface area (Å²) in [6.45, 7) is 11.6. The molecule has 4 atom stereocenters. The van der Waals surface area contributed by atoms with E-state index in [4.69, 9.17) is 9.47 Å². The Labute approximate surface area is 212 Å². The molecule has 0 radical (unpaired) electrons. The molecule has 0 aromatic carbocycles. The highest BCUT2D eigenvalue weighted by molar-refractivity contribution is 8.21. The maximum absolute atomic E-state index is 11.5. The van der Waals surface area contributed by atoms with Crippen molar-refractivity contribution in [1.29, 1.82) is 0 Å². The fourth-order valence-corrected chi connectivity index (χ4v) is 11.9. The second-order valence-electron chi connectivity index (χ2n) is 7.31. The van der Waals surface area contributed by atoms with Crippen LogP contribution in [0.25, 0.3) is 0 Å². The molecule has 10 heteroatoms. The molecule has 31 heavy (non-hydrogen) atoms. The zero-order valence-electron chi connectivity index (χ0n) is 18.2. The monoisotopic (exact) mass is 540 g/mol. The van der Waals surface area contributed by atoms with Gasteiger partial charge in [-0.1, -0.05) is 13.2 Å². The van der Waals surface area contributed by atoms with Crippen molar-refractivity contribution in [3.05, 3.63) is 24.3 Å². The summed E-state index contributed by atoms with van der Waals surface area (Å²) in [6, 6.07) is 0. The van der Waals surface area contributed by atoms with E-state index in [0.717, 1.165) is 16.6 Å². The van der Waals surface area contributed by atoms with Gasteiger partial charge in [0.25, 0.3) is 0 Å². The highest BCUT2D eigenvalue weighted by Crippen LogP contribution is 2.41. The predicted octanol–water partition coefficient (Wildman–Crippen LogP) is 5.78. The van der Waals surface area contributed by atoms with Gasteiger partial charge in [-0.05, 0) is 38.2 Å². The number of rotatable bonds is 14. The van der Waals surface area contributed by atoms with Gasteiger partial charge in [0, 0.05) is 38.2 Å². The van der Waals surface area contributed by atoms with Crippen molar-refractivity contribution in [2.45, 2.75) is 46.4 Å². The Morgan fingerprint density at radius 2 is 1.26 bits per heavy atom. The Balaban J connectivity index is 1.42. The van der Waals surface area contributed by atoms with Gasteiger partial charge in [-0.15, -0.1) is 47.0 Å². The number of ether oxygens (including phenoxy) is 2. The van der Waals surface area contributed by atoms with Crippen molar-refractivity contribution in [3.63, 3.8) is 0 Å². The third-order valence-corrected chi connectivity index (χ3v) is 13.4. The van der Waals surface area contributed by atoms with E-state index in [1.807, 2.05) is 70.6 Å².